The van der Waals surface area contributed by atoms with Gasteiger partial charge in [-0.05, 0) is 30.2 Å². The van der Waals surface area contributed by atoms with Gasteiger partial charge in [-0.15, -0.1) is 0 Å². The van der Waals surface area contributed by atoms with Crippen LogP contribution in [0.3, 0.4) is 0 Å². The Balaban J connectivity index is 1.96. The number of halogens is 1. The van der Waals surface area contributed by atoms with Gasteiger partial charge in [0, 0.05) is 30.6 Å². The van der Waals surface area contributed by atoms with E-state index in [2.05, 4.69) is 9.97 Å². The van der Waals surface area contributed by atoms with Gasteiger partial charge in [-0.1, -0.05) is 17.7 Å². The maximum absolute atomic E-state index is 11.8. The zero-order chi connectivity index (χ0) is 12.1. The quantitative estimate of drug-likeness (QED) is 0.615. The summed E-state index contributed by atoms with van der Waals surface area (Å²) in [5.74, 6) is 0.0676. The SMILES string of the molecule is O=C(CCc1cccnc1)c1ccc(Cl)nc1. The molecule has 0 bridgehead atoms. The highest BCUT2D eigenvalue weighted by Crippen LogP contribution is 2.09. The maximum Gasteiger partial charge on any atom is 0.164 e. The molecule has 0 aromatic carbocycles. The Labute approximate surface area is 104 Å². The Hall–Kier alpha value is -1.74. The minimum Gasteiger partial charge on any atom is -0.294 e. The van der Waals surface area contributed by atoms with Gasteiger partial charge in [0.2, 0.25) is 0 Å². The van der Waals surface area contributed by atoms with Crippen molar-refractivity contribution >= 4 is 17.4 Å². The van der Waals surface area contributed by atoms with Crippen molar-refractivity contribution < 1.29 is 4.79 Å². The smallest absolute Gasteiger partial charge is 0.164 e. The monoisotopic (exact) mass is 246 g/mol. The molecule has 0 saturated carbocycles. The lowest BCUT2D eigenvalue weighted by Gasteiger charge is -2.01. The zero-order valence-corrected chi connectivity index (χ0v) is 9.89. The standard InChI is InChI=1S/C13H11ClN2O/c14-13-6-4-11(9-16-13)12(17)5-3-10-2-1-7-15-8-10/h1-2,4,6-9H,3,5H2. The summed E-state index contributed by atoms with van der Waals surface area (Å²) in [4.78, 5) is 19.7. The van der Waals surface area contributed by atoms with Crippen molar-refractivity contribution in [3.05, 3.63) is 59.1 Å². The third-order valence-electron chi connectivity index (χ3n) is 2.41. The number of hydrogen-bond acceptors (Lipinski definition) is 3. The van der Waals surface area contributed by atoms with Crippen LogP contribution in [0.2, 0.25) is 5.15 Å². The Morgan fingerprint density at radius 3 is 2.76 bits per heavy atom. The second kappa shape index (κ2) is 5.55. The fourth-order valence-corrected chi connectivity index (χ4v) is 1.60. The Bertz CT molecular complexity index is 497. The lowest BCUT2D eigenvalue weighted by atomic mass is 10.1. The van der Waals surface area contributed by atoms with E-state index in [1.807, 2.05) is 12.1 Å². The molecule has 4 heteroatoms. The first-order valence-electron chi connectivity index (χ1n) is 5.29. The van der Waals surface area contributed by atoms with Gasteiger partial charge in [-0.2, -0.15) is 0 Å². The van der Waals surface area contributed by atoms with Crippen LogP contribution >= 0.6 is 11.6 Å². The molecular formula is C13H11ClN2O. The highest BCUT2D eigenvalue weighted by Gasteiger charge is 2.06. The summed E-state index contributed by atoms with van der Waals surface area (Å²) in [5.41, 5.74) is 1.65. The Morgan fingerprint density at radius 2 is 2.12 bits per heavy atom. The zero-order valence-electron chi connectivity index (χ0n) is 9.14. The minimum absolute atomic E-state index is 0.0676. The second-order valence-corrected chi connectivity index (χ2v) is 4.04. The first kappa shape index (κ1) is 11.7. The average molecular weight is 247 g/mol. The molecule has 0 amide bonds. The molecule has 0 spiro atoms. The lowest BCUT2D eigenvalue weighted by molar-refractivity contribution is 0.0982. The van der Waals surface area contributed by atoms with Gasteiger partial charge >= 0.3 is 0 Å². The number of ketones is 1. The van der Waals surface area contributed by atoms with Crippen molar-refractivity contribution in [3.63, 3.8) is 0 Å². The Morgan fingerprint density at radius 1 is 1.24 bits per heavy atom. The summed E-state index contributed by atoms with van der Waals surface area (Å²) < 4.78 is 0. The van der Waals surface area contributed by atoms with E-state index < -0.39 is 0 Å². The van der Waals surface area contributed by atoms with Crippen molar-refractivity contribution in [3.8, 4) is 0 Å². The normalized spacial score (nSPS) is 10.2. The summed E-state index contributed by atoms with van der Waals surface area (Å²) in [6, 6.07) is 7.14. The highest BCUT2D eigenvalue weighted by molar-refractivity contribution is 6.29. The van der Waals surface area contributed by atoms with E-state index in [4.69, 9.17) is 11.6 Å². The molecule has 2 aromatic rings. The van der Waals surface area contributed by atoms with Crippen LogP contribution in [0, 0.1) is 0 Å². The predicted molar refractivity (Wildman–Crippen MR) is 66.1 cm³/mol. The number of pyridine rings is 2. The molecule has 0 aliphatic carbocycles. The van der Waals surface area contributed by atoms with E-state index in [0.717, 1.165) is 5.56 Å². The minimum atomic E-state index is 0.0676. The number of nitrogens with zero attached hydrogens (tertiary/aromatic N) is 2. The lowest BCUT2D eigenvalue weighted by Crippen LogP contribution is -2.01. The first-order chi connectivity index (χ1) is 8.25. The summed E-state index contributed by atoms with van der Waals surface area (Å²) in [7, 11) is 0. The van der Waals surface area contributed by atoms with Crippen molar-refractivity contribution in [2.24, 2.45) is 0 Å². The van der Waals surface area contributed by atoms with E-state index >= 15 is 0 Å². The number of Topliss-reactive ketones (excluding diaryl/α,β-unsaturated/α-hetero) is 1. The van der Waals surface area contributed by atoms with Crippen LogP contribution in [-0.4, -0.2) is 15.8 Å². The summed E-state index contributed by atoms with van der Waals surface area (Å²) in [6.45, 7) is 0. The molecule has 0 atom stereocenters. The third-order valence-corrected chi connectivity index (χ3v) is 2.64. The van der Waals surface area contributed by atoms with Crippen LogP contribution in [0.15, 0.2) is 42.9 Å². The van der Waals surface area contributed by atoms with Crippen molar-refractivity contribution in [2.45, 2.75) is 12.8 Å². The van der Waals surface area contributed by atoms with Gasteiger partial charge < -0.3 is 0 Å². The summed E-state index contributed by atoms with van der Waals surface area (Å²) in [5, 5.41) is 0.397. The van der Waals surface area contributed by atoms with Gasteiger partial charge in [0.15, 0.2) is 5.78 Å². The molecule has 3 nitrogen and oxygen atoms in total. The molecule has 0 N–H and O–H groups in total. The number of rotatable bonds is 4. The van der Waals surface area contributed by atoms with E-state index in [9.17, 15) is 4.79 Å². The van der Waals surface area contributed by atoms with Gasteiger partial charge in [-0.25, -0.2) is 4.98 Å². The first-order valence-corrected chi connectivity index (χ1v) is 5.67. The molecule has 0 radical (unpaired) electrons. The van der Waals surface area contributed by atoms with Crippen LogP contribution in [0.4, 0.5) is 0 Å². The van der Waals surface area contributed by atoms with E-state index in [-0.39, 0.29) is 5.78 Å². The summed E-state index contributed by atoms with van der Waals surface area (Å²) in [6.07, 6.45) is 6.14. The van der Waals surface area contributed by atoms with Gasteiger partial charge in [-0.3, -0.25) is 9.78 Å². The fraction of sp³-hybridized carbons (Fsp3) is 0.154. The van der Waals surface area contributed by atoms with Gasteiger partial charge in [0.1, 0.15) is 5.15 Å². The molecule has 0 aliphatic heterocycles. The van der Waals surface area contributed by atoms with Crippen molar-refractivity contribution in [1.29, 1.82) is 0 Å². The van der Waals surface area contributed by atoms with Crippen LogP contribution in [-0.2, 0) is 6.42 Å². The van der Waals surface area contributed by atoms with Crippen molar-refractivity contribution in [2.75, 3.05) is 0 Å². The third kappa shape index (κ3) is 3.36. The predicted octanol–water partition coefficient (Wildman–Crippen LogP) is 2.95. The van der Waals surface area contributed by atoms with E-state index in [1.165, 1.54) is 6.20 Å². The van der Waals surface area contributed by atoms with Crippen LogP contribution < -0.4 is 0 Å². The van der Waals surface area contributed by atoms with Crippen LogP contribution in [0.25, 0.3) is 0 Å². The van der Waals surface area contributed by atoms with Gasteiger partial charge in [0.25, 0.3) is 0 Å². The van der Waals surface area contributed by atoms with Crippen LogP contribution in [0.5, 0.6) is 0 Å². The number of carbonyl (C=O) groups is 1. The van der Waals surface area contributed by atoms with Crippen LogP contribution in [0.1, 0.15) is 22.3 Å². The number of carbonyl (C=O) groups excluding carboxylic acids is 1. The molecule has 0 unspecified atom stereocenters. The molecule has 17 heavy (non-hydrogen) atoms. The molecule has 86 valence electrons. The number of aromatic nitrogens is 2. The number of aryl methyl sites for hydroxylation is 1. The molecule has 2 heterocycles. The van der Waals surface area contributed by atoms with Gasteiger partial charge in [0.05, 0.1) is 0 Å². The van der Waals surface area contributed by atoms with E-state index in [0.29, 0.717) is 23.6 Å². The van der Waals surface area contributed by atoms with E-state index in [1.54, 1.807) is 24.5 Å². The average Bonchev–Trinajstić information content (AvgIpc) is 2.38. The fourth-order valence-electron chi connectivity index (χ4n) is 1.49. The molecule has 0 saturated heterocycles. The largest absolute Gasteiger partial charge is 0.294 e. The second-order valence-electron chi connectivity index (χ2n) is 3.65. The molecule has 2 rings (SSSR count). The molecule has 0 fully saturated rings. The summed E-state index contributed by atoms with van der Waals surface area (Å²) >= 11 is 5.66. The highest BCUT2D eigenvalue weighted by atomic mass is 35.5. The Kier molecular flexibility index (Phi) is 3.83. The number of hydrogen-bond donors (Lipinski definition) is 0. The topological polar surface area (TPSA) is 42.9 Å². The van der Waals surface area contributed by atoms with Crippen molar-refractivity contribution in [1.82, 2.24) is 9.97 Å². The molecular weight excluding hydrogens is 236 g/mol. The molecule has 2 aromatic heterocycles. The maximum atomic E-state index is 11.8. The molecule has 0 aliphatic rings.